The Kier molecular flexibility index (Phi) is 18.7. The van der Waals surface area contributed by atoms with Crippen molar-refractivity contribution in [3.8, 4) is 17.6 Å². The summed E-state index contributed by atoms with van der Waals surface area (Å²) in [5.74, 6) is 0.283. The lowest BCUT2D eigenvalue weighted by molar-refractivity contribution is 0.115. The fraction of sp³-hybridized carbons (Fsp3) is 0.750. The zero-order valence-electron chi connectivity index (χ0n) is 20.6. The number of benzene rings is 1. The molecule has 0 aromatic heterocycles. The van der Waals surface area contributed by atoms with Crippen LogP contribution in [-0.4, -0.2) is 24.9 Å². The lowest BCUT2D eigenvalue weighted by Crippen LogP contribution is -2.04. The van der Waals surface area contributed by atoms with Crippen LogP contribution in [0.3, 0.4) is 0 Å². The predicted octanol–water partition coefficient (Wildman–Crippen LogP) is 8.31. The molecule has 0 aliphatic rings. The molecule has 1 N–H and O–H groups in total. The van der Waals surface area contributed by atoms with Gasteiger partial charge in [0.2, 0.25) is 0 Å². The summed E-state index contributed by atoms with van der Waals surface area (Å²) in [5.41, 5.74) is 0.238. The number of hydrogen-bond acceptors (Lipinski definition) is 4. The Morgan fingerprint density at radius 2 is 1.19 bits per heavy atom. The average molecular weight is 446 g/mol. The Morgan fingerprint density at radius 1 is 0.688 bits per heavy atom. The lowest BCUT2D eigenvalue weighted by Gasteiger charge is -2.09. The molecule has 0 fully saturated rings. The number of nitrogens with zero attached hydrogens (tertiary/aromatic N) is 1. The van der Waals surface area contributed by atoms with E-state index in [0.717, 1.165) is 19.4 Å². The molecule has 32 heavy (non-hydrogen) atoms. The maximum absolute atomic E-state index is 9.88. The first-order valence-electron chi connectivity index (χ1n) is 13.2. The molecule has 4 heteroatoms. The summed E-state index contributed by atoms with van der Waals surface area (Å²) in [5, 5.41) is 18.8. The fourth-order valence-electron chi connectivity index (χ4n) is 3.93. The van der Waals surface area contributed by atoms with E-state index in [1.54, 1.807) is 18.2 Å². The molecule has 0 atom stereocenters. The number of rotatable bonds is 22. The third-order valence-electron chi connectivity index (χ3n) is 5.95. The van der Waals surface area contributed by atoms with E-state index >= 15 is 0 Å². The highest BCUT2D eigenvalue weighted by atomic mass is 16.5. The molecule has 0 bridgehead atoms. The zero-order chi connectivity index (χ0) is 23.1. The van der Waals surface area contributed by atoms with Gasteiger partial charge >= 0.3 is 0 Å². The highest BCUT2D eigenvalue weighted by Gasteiger charge is 2.07. The Labute approximate surface area is 197 Å². The highest BCUT2D eigenvalue weighted by molar-refractivity contribution is 5.51. The Hall–Kier alpha value is -1.73. The van der Waals surface area contributed by atoms with Gasteiger partial charge in [-0.15, -0.1) is 0 Å². The van der Waals surface area contributed by atoms with Crippen LogP contribution in [-0.2, 0) is 4.74 Å². The van der Waals surface area contributed by atoms with Gasteiger partial charge < -0.3 is 14.6 Å². The topological polar surface area (TPSA) is 62.5 Å². The molecule has 0 amide bonds. The summed E-state index contributed by atoms with van der Waals surface area (Å²) < 4.78 is 11.2. The molecular formula is C28H47NO3. The van der Waals surface area contributed by atoms with E-state index in [1.807, 2.05) is 6.07 Å². The summed E-state index contributed by atoms with van der Waals surface area (Å²) >= 11 is 0. The number of aromatic hydroxyl groups is 1. The normalized spacial score (nSPS) is 10.9. The van der Waals surface area contributed by atoms with Crippen molar-refractivity contribution in [2.24, 2.45) is 0 Å². The molecule has 0 heterocycles. The first-order valence-corrected chi connectivity index (χ1v) is 13.2. The summed E-state index contributed by atoms with van der Waals surface area (Å²) in [7, 11) is 0. The van der Waals surface area contributed by atoms with Crippen LogP contribution in [0.15, 0.2) is 18.2 Å². The molecule has 1 aromatic carbocycles. The third-order valence-corrected chi connectivity index (χ3v) is 5.95. The van der Waals surface area contributed by atoms with E-state index in [4.69, 9.17) is 14.7 Å². The smallest absolute Gasteiger partial charge is 0.175 e. The van der Waals surface area contributed by atoms with Crippen molar-refractivity contribution in [3.05, 3.63) is 23.8 Å². The van der Waals surface area contributed by atoms with Crippen molar-refractivity contribution in [1.29, 1.82) is 5.26 Å². The van der Waals surface area contributed by atoms with Crippen LogP contribution in [0, 0.1) is 11.3 Å². The maximum atomic E-state index is 9.88. The van der Waals surface area contributed by atoms with Crippen LogP contribution in [0.2, 0.25) is 0 Å². The van der Waals surface area contributed by atoms with E-state index in [9.17, 15) is 5.11 Å². The minimum Gasteiger partial charge on any atom is -0.503 e. The van der Waals surface area contributed by atoms with Gasteiger partial charge in [-0.25, -0.2) is 0 Å². The fourth-order valence-corrected chi connectivity index (χ4v) is 3.93. The van der Waals surface area contributed by atoms with Gasteiger partial charge in [-0.2, -0.15) is 5.26 Å². The van der Waals surface area contributed by atoms with Crippen molar-refractivity contribution < 1.29 is 14.6 Å². The molecule has 4 nitrogen and oxygen atoms in total. The summed E-state index contributed by atoms with van der Waals surface area (Å²) in [6, 6.07) is 6.90. The van der Waals surface area contributed by atoms with Crippen LogP contribution in [0.4, 0.5) is 0 Å². The molecule has 0 saturated carbocycles. The van der Waals surface area contributed by atoms with E-state index in [-0.39, 0.29) is 11.3 Å². The first kappa shape index (κ1) is 28.3. The van der Waals surface area contributed by atoms with Gasteiger partial charge in [-0.1, -0.05) is 109 Å². The third kappa shape index (κ3) is 15.1. The molecule has 0 saturated heterocycles. The number of unbranched alkanes of at least 4 members (excludes halogenated alkanes) is 15. The maximum Gasteiger partial charge on any atom is 0.175 e. The van der Waals surface area contributed by atoms with Gasteiger partial charge in [0.25, 0.3) is 0 Å². The largest absolute Gasteiger partial charge is 0.503 e. The summed E-state index contributed by atoms with van der Waals surface area (Å²) in [4.78, 5) is 0. The van der Waals surface area contributed by atoms with Crippen molar-refractivity contribution in [1.82, 2.24) is 0 Å². The van der Waals surface area contributed by atoms with E-state index < -0.39 is 0 Å². The monoisotopic (exact) mass is 445 g/mol. The van der Waals surface area contributed by atoms with E-state index in [2.05, 4.69) is 6.92 Å². The van der Waals surface area contributed by atoms with Crippen molar-refractivity contribution in [3.63, 3.8) is 0 Å². The van der Waals surface area contributed by atoms with E-state index in [0.29, 0.717) is 19.0 Å². The second-order valence-corrected chi connectivity index (χ2v) is 8.88. The van der Waals surface area contributed by atoms with Crippen LogP contribution in [0.25, 0.3) is 0 Å². The minimum atomic E-state index is -0.0796. The second kappa shape index (κ2) is 21.1. The van der Waals surface area contributed by atoms with Crippen LogP contribution in [0.5, 0.6) is 11.5 Å². The number of hydrogen-bond donors (Lipinski definition) is 1. The number of nitriles is 1. The second-order valence-electron chi connectivity index (χ2n) is 8.88. The SMILES string of the molecule is CCCCCCCCCCCCCCCCCCOCCCOc1cccc(C#N)c1O. The predicted molar refractivity (Wildman–Crippen MR) is 133 cm³/mol. The molecule has 0 aliphatic carbocycles. The lowest BCUT2D eigenvalue weighted by atomic mass is 10.0. The Morgan fingerprint density at radius 3 is 1.72 bits per heavy atom. The van der Waals surface area contributed by atoms with Crippen LogP contribution >= 0.6 is 0 Å². The first-order chi connectivity index (χ1) is 15.8. The molecule has 0 unspecified atom stereocenters. The zero-order valence-corrected chi connectivity index (χ0v) is 20.6. The number of ether oxygens (including phenoxy) is 2. The Balaban J connectivity index is 1.77. The van der Waals surface area contributed by atoms with Crippen molar-refractivity contribution >= 4 is 0 Å². The Bertz CT molecular complexity index is 597. The molecule has 0 aliphatic heterocycles. The number of phenolic OH excluding ortho intramolecular Hbond substituents is 1. The van der Waals surface area contributed by atoms with E-state index in [1.165, 1.54) is 96.3 Å². The molecule has 1 aromatic rings. The van der Waals surface area contributed by atoms with Crippen molar-refractivity contribution in [2.75, 3.05) is 19.8 Å². The number of para-hydroxylation sites is 1. The number of phenols is 1. The molecule has 0 spiro atoms. The van der Waals surface area contributed by atoms with Gasteiger partial charge in [0.05, 0.1) is 12.2 Å². The quantitative estimate of drug-likeness (QED) is 0.182. The summed E-state index contributed by atoms with van der Waals surface area (Å²) in [6.45, 7) is 4.23. The van der Waals surface area contributed by atoms with Crippen LogP contribution < -0.4 is 4.74 Å². The van der Waals surface area contributed by atoms with Crippen LogP contribution in [0.1, 0.15) is 122 Å². The molecule has 1 rings (SSSR count). The highest BCUT2D eigenvalue weighted by Crippen LogP contribution is 2.29. The van der Waals surface area contributed by atoms with Crippen molar-refractivity contribution in [2.45, 2.75) is 116 Å². The molecule has 182 valence electrons. The minimum absolute atomic E-state index is 0.0796. The summed E-state index contributed by atoms with van der Waals surface area (Å²) in [6.07, 6.45) is 22.9. The molecular weight excluding hydrogens is 398 g/mol. The van der Waals surface area contributed by atoms with Gasteiger partial charge in [0.15, 0.2) is 11.5 Å². The molecule has 0 radical (unpaired) electrons. The van der Waals surface area contributed by atoms with Gasteiger partial charge in [0.1, 0.15) is 6.07 Å². The standard InChI is InChI=1S/C28H47NO3/c1-2-3-4-5-6-7-8-9-10-11-12-13-14-15-16-17-22-31-23-19-24-32-27-21-18-20-26(25-29)28(27)30/h18,20-21,30H,2-17,19,22-24H2,1H3. The van der Waals surface area contributed by atoms with Gasteiger partial charge in [-0.3, -0.25) is 0 Å². The van der Waals surface area contributed by atoms with Gasteiger partial charge in [-0.05, 0) is 18.6 Å². The average Bonchev–Trinajstić information content (AvgIpc) is 2.81. The van der Waals surface area contributed by atoms with Gasteiger partial charge in [0, 0.05) is 19.6 Å².